The third kappa shape index (κ3) is 3.96. The van der Waals surface area contributed by atoms with Crippen molar-refractivity contribution < 1.29 is 4.74 Å². The van der Waals surface area contributed by atoms with Gasteiger partial charge in [-0.3, -0.25) is 0 Å². The normalized spacial score (nSPS) is 37.7. The molecule has 2 heteroatoms. The molecule has 0 bridgehead atoms. The number of ether oxygens (including phenoxy) is 1. The summed E-state index contributed by atoms with van der Waals surface area (Å²) in [4.78, 5) is 0. The molecule has 1 saturated carbocycles. The van der Waals surface area contributed by atoms with Gasteiger partial charge in [-0.25, -0.2) is 0 Å². The van der Waals surface area contributed by atoms with Crippen LogP contribution in [0.15, 0.2) is 0 Å². The number of hydrogen-bond acceptors (Lipinski definition) is 2. The molecule has 0 spiro atoms. The lowest BCUT2D eigenvalue weighted by Gasteiger charge is -2.22. The van der Waals surface area contributed by atoms with Crippen LogP contribution in [0.5, 0.6) is 0 Å². The van der Waals surface area contributed by atoms with Gasteiger partial charge in [-0.2, -0.15) is 0 Å². The maximum Gasteiger partial charge on any atom is 0.0613 e. The quantitative estimate of drug-likeness (QED) is 0.753. The van der Waals surface area contributed by atoms with Crippen LogP contribution in [0.3, 0.4) is 0 Å². The Bertz CT molecular complexity index is 231. The Kier molecular flexibility index (Phi) is 5.97. The van der Waals surface area contributed by atoms with Crippen molar-refractivity contribution in [2.24, 2.45) is 11.8 Å². The molecule has 2 aliphatic rings. The highest BCUT2D eigenvalue weighted by Gasteiger charge is 2.27. The molecule has 0 amide bonds. The SMILES string of the molecule is CCC1CCCC(NCC2CCOC2CC)CC1. The highest BCUT2D eigenvalue weighted by molar-refractivity contribution is 4.80. The zero-order valence-electron chi connectivity index (χ0n) is 12.3. The second kappa shape index (κ2) is 7.49. The minimum Gasteiger partial charge on any atom is -0.378 e. The van der Waals surface area contributed by atoms with Crippen LogP contribution < -0.4 is 5.32 Å². The average Bonchev–Trinajstić information content (AvgIpc) is 2.73. The van der Waals surface area contributed by atoms with E-state index >= 15 is 0 Å². The van der Waals surface area contributed by atoms with Gasteiger partial charge in [-0.15, -0.1) is 0 Å². The maximum absolute atomic E-state index is 5.77. The molecule has 1 saturated heterocycles. The van der Waals surface area contributed by atoms with E-state index < -0.39 is 0 Å². The van der Waals surface area contributed by atoms with Gasteiger partial charge in [-0.05, 0) is 43.9 Å². The lowest BCUT2D eigenvalue weighted by Crippen LogP contribution is -2.35. The van der Waals surface area contributed by atoms with E-state index in [-0.39, 0.29) is 0 Å². The van der Waals surface area contributed by atoms with E-state index in [9.17, 15) is 0 Å². The van der Waals surface area contributed by atoms with Gasteiger partial charge in [-0.1, -0.05) is 33.1 Å². The topological polar surface area (TPSA) is 21.3 Å². The molecule has 1 N–H and O–H groups in total. The highest BCUT2D eigenvalue weighted by Crippen LogP contribution is 2.27. The molecule has 4 unspecified atom stereocenters. The maximum atomic E-state index is 5.77. The average molecular weight is 253 g/mol. The molecule has 2 nitrogen and oxygen atoms in total. The first kappa shape index (κ1) is 14.3. The molecular weight excluding hydrogens is 222 g/mol. The van der Waals surface area contributed by atoms with Crippen LogP contribution in [0.1, 0.15) is 65.2 Å². The van der Waals surface area contributed by atoms with Crippen molar-refractivity contribution in [2.45, 2.75) is 77.4 Å². The van der Waals surface area contributed by atoms with Gasteiger partial charge in [0.2, 0.25) is 0 Å². The lowest BCUT2D eigenvalue weighted by atomic mass is 9.97. The van der Waals surface area contributed by atoms with Crippen molar-refractivity contribution >= 4 is 0 Å². The number of hydrogen-bond donors (Lipinski definition) is 1. The van der Waals surface area contributed by atoms with Crippen molar-refractivity contribution in [1.29, 1.82) is 0 Å². The fourth-order valence-corrected chi connectivity index (χ4v) is 3.69. The molecule has 1 heterocycles. The molecule has 0 aromatic rings. The Morgan fingerprint density at radius 1 is 1.00 bits per heavy atom. The van der Waals surface area contributed by atoms with Crippen molar-refractivity contribution in [3.05, 3.63) is 0 Å². The van der Waals surface area contributed by atoms with Gasteiger partial charge in [0, 0.05) is 19.2 Å². The Labute approximate surface area is 113 Å². The molecule has 0 radical (unpaired) electrons. The summed E-state index contributed by atoms with van der Waals surface area (Å²) in [5.74, 6) is 1.76. The predicted octanol–water partition coefficient (Wildman–Crippen LogP) is 3.75. The Morgan fingerprint density at radius 2 is 1.89 bits per heavy atom. The third-order valence-corrected chi connectivity index (χ3v) is 5.08. The van der Waals surface area contributed by atoms with Crippen LogP contribution in [-0.2, 0) is 4.74 Å². The van der Waals surface area contributed by atoms with Crippen molar-refractivity contribution in [2.75, 3.05) is 13.2 Å². The summed E-state index contributed by atoms with van der Waals surface area (Å²) < 4.78 is 5.77. The third-order valence-electron chi connectivity index (χ3n) is 5.08. The molecule has 1 aliphatic carbocycles. The van der Waals surface area contributed by atoms with E-state index in [1.165, 1.54) is 57.9 Å². The molecule has 18 heavy (non-hydrogen) atoms. The van der Waals surface area contributed by atoms with Crippen LogP contribution >= 0.6 is 0 Å². The molecule has 0 aromatic heterocycles. The minimum absolute atomic E-state index is 0.520. The van der Waals surface area contributed by atoms with Crippen LogP contribution in [-0.4, -0.2) is 25.3 Å². The second-order valence-corrected chi connectivity index (χ2v) is 6.25. The summed E-state index contributed by atoms with van der Waals surface area (Å²) in [5.41, 5.74) is 0. The first-order valence-electron chi connectivity index (χ1n) is 8.18. The molecule has 0 aromatic carbocycles. The van der Waals surface area contributed by atoms with E-state index in [1.54, 1.807) is 0 Å². The van der Waals surface area contributed by atoms with Crippen molar-refractivity contribution in [3.8, 4) is 0 Å². The molecule has 2 rings (SSSR count). The van der Waals surface area contributed by atoms with Crippen LogP contribution in [0.25, 0.3) is 0 Å². The molecule has 106 valence electrons. The van der Waals surface area contributed by atoms with E-state index in [1.807, 2.05) is 0 Å². The van der Waals surface area contributed by atoms with Gasteiger partial charge < -0.3 is 10.1 Å². The van der Waals surface area contributed by atoms with E-state index in [0.717, 1.165) is 24.5 Å². The van der Waals surface area contributed by atoms with Crippen molar-refractivity contribution in [1.82, 2.24) is 5.32 Å². The number of rotatable bonds is 5. The highest BCUT2D eigenvalue weighted by atomic mass is 16.5. The lowest BCUT2D eigenvalue weighted by molar-refractivity contribution is 0.0864. The van der Waals surface area contributed by atoms with Gasteiger partial charge in [0.1, 0.15) is 0 Å². The molecule has 1 aliphatic heterocycles. The summed E-state index contributed by atoms with van der Waals surface area (Å²) >= 11 is 0. The van der Waals surface area contributed by atoms with Crippen molar-refractivity contribution in [3.63, 3.8) is 0 Å². The van der Waals surface area contributed by atoms with Gasteiger partial charge in [0.15, 0.2) is 0 Å². The smallest absolute Gasteiger partial charge is 0.0613 e. The molecule has 4 atom stereocenters. The summed E-state index contributed by atoms with van der Waals surface area (Å²) in [6.45, 7) is 6.76. The summed E-state index contributed by atoms with van der Waals surface area (Å²) in [6.07, 6.45) is 11.4. The fraction of sp³-hybridized carbons (Fsp3) is 1.00. The monoisotopic (exact) mass is 253 g/mol. The van der Waals surface area contributed by atoms with Crippen LogP contribution in [0.2, 0.25) is 0 Å². The first-order valence-corrected chi connectivity index (χ1v) is 8.18. The standard InChI is InChI=1S/C16H31NO/c1-3-13-6-5-7-15(9-8-13)17-12-14-10-11-18-16(14)4-2/h13-17H,3-12H2,1-2H3. The zero-order chi connectivity index (χ0) is 12.8. The van der Waals surface area contributed by atoms with Gasteiger partial charge in [0.05, 0.1) is 6.10 Å². The largest absolute Gasteiger partial charge is 0.378 e. The van der Waals surface area contributed by atoms with Gasteiger partial charge in [0.25, 0.3) is 0 Å². The predicted molar refractivity (Wildman–Crippen MR) is 76.8 cm³/mol. The first-order chi connectivity index (χ1) is 8.83. The van der Waals surface area contributed by atoms with E-state index in [2.05, 4.69) is 19.2 Å². The van der Waals surface area contributed by atoms with E-state index in [4.69, 9.17) is 4.74 Å². The minimum atomic E-state index is 0.520. The number of nitrogens with one attached hydrogen (secondary N) is 1. The summed E-state index contributed by atoms with van der Waals surface area (Å²) in [5, 5.41) is 3.83. The van der Waals surface area contributed by atoms with Gasteiger partial charge >= 0.3 is 0 Å². The Hall–Kier alpha value is -0.0800. The summed E-state index contributed by atoms with van der Waals surface area (Å²) in [7, 11) is 0. The molecule has 2 fully saturated rings. The summed E-state index contributed by atoms with van der Waals surface area (Å²) in [6, 6.07) is 0.777. The molecular formula is C16H31NO. The Balaban J connectivity index is 1.69. The van der Waals surface area contributed by atoms with E-state index in [0.29, 0.717) is 6.10 Å². The second-order valence-electron chi connectivity index (χ2n) is 6.25. The fourth-order valence-electron chi connectivity index (χ4n) is 3.69. The zero-order valence-corrected chi connectivity index (χ0v) is 12.3. The van der Waals surface area contributed by atoms with Crippen LogP contribution in [0, 0.1) is 11.8 Å². The van der Waals surface area contributed by atoms with Crippen LogP contribution in [0.4, 0.5) is 0 Å². The Morgan fingerprint density at radius 3 is 2.67 bits per heavy atom.